The van der Waals surface area contributed by atoms with Crippen LogP contribution < -0.4 is 15.4 Å². The third kappa shape index (κ3) is 5.10. The molecular formula is C22H21N5O2. The molecule has 0 atom stereocenters. The summed E-state index contributed by atoms with van der Waals surface area (Å²) in [7, 11) is 0. The molecule has 0 saturated heterocycles. The summed E-state index contributed by atoms with van der Waals surface area (Å²) in [5.41, 5.74) is 2.82. The lowest BCUT2D eigenvalue weighted by molar-refractivity contribution is 0.306. The van der Waals surface area contributed by atoms with Crippen molar-refractivity contribution in [1.29, 1.82) is 0 Å². The van der Waals surface area contributed by atoms with E-state index in [2.05, 4.69) is 25.8 Å². The first-order chi connectivity index (χ1) is 14.1. The van der Waals surface area contributed by atoms with E-state index in [0.29, 0.717) is 24.2 Å². The Morgan fingerprint density at radius 1 is 0.862 bits per heavy atom. The van der Waals surface area contributed by atoms with Gasteiger partial charge in [0.15, 0.2) is 5.82 Å². The summed E-state index contributed by atoms with van der Waals surface area (Å²) < 4.78 is 10.9. The fraction of sp³-hybridized carbons (Fsp3) is 0.136. The highest BCUT2D eigenvalue weighted by atomic mass is 16.5. The maximum atomic E-state index is 5.82. The maximum Gasteiger partial charge on any atom is 0.229 e. The van der Waals surface area contributed by atoms with Gasteiger partial charge in [-0.15, -0.1) is 0 Å². The molecule has 0 aliphatic carbocycles. The van der Waals surface area contributed by atoms with Crippen LogP contribution in [0.1, 0.15) is 17.0 Å². The Balaban J connectivity index is 1.40. The molecule has 2 N–H and O–H groups in total. The van der Waals surface area contributed by atoms with Crippen LogP contribution in [0.5, 0.6) is 5.75 Å². The van der Waals surface area contributed by atoms with E-state index in [1.807, 2.05) is 74.5 Å². The number of nitrogens with zero attached hydrogens (tertiary/aromatic N) is 3. The van der Waals surface area contributed by atoms with E-state index < -0.39 is 0 Å². The van der Waals surface area contributed by atoms with Gasteiger partial charge in [0.1, 0.15) is 23.9 Å². The quantitative estimate of drug-likeness (QED) is 0.454. The van der Waals surface area contributed by atoms with Crippen LogP contribution in [0.15, 0.2) is 71.3 Å². The molecule has 7 heteroatoms. The SMILES string of the molecule is Cc1cc(Nc2cc(C)on2)nc(Nc2ccc(OCc3ccccc3)cc2)n1. The third-order valence-corrected chi connectivity index (χ3v) is 4.10. The average molecular weight is 387 g/mol. The molecule has 0 aliphatic heterocycles. The minimum atomic E-state index is 0.491. The highest BCUT2D eigenvalue weighted by Crippen LogP contribution is 2.21. The Bertz CT molecular complexity index is 1080. The van der Waals surface area contributed by atoms with Gasteiger partial charge in [-0.05, 0) is 43.7 Å². The number of ether oxygens (including phenoxy) is 1. The van der Waals surface area contributed by atoms with Crippen molar-refractivity contribution >= 4 is 23.3 Å². The summed E-state index contributed by atoms with van der Waals surface area (Å²) in [4.78, 5) is 8.92. The summed E-state index contributed by atoms with van der Waals surface area (Å²) in [6.45, 7) is 4.28. The number of nitrogens with one attached hydrogen (secondary N) is 2. The first kappa shape index (κ1) is 18.5. The lowest BCUT2D eigenvalue weighted by Crippen LogP contribution is -2.02. The average Bonchev–Trinajstić information content (AvgIpc) is 3.12. The molecule has 0 unspecified atom stereocenters. The van der Waals surface area contributed by atoms with Crippen molar-refractivity contribution in [1.82, 2.24) is 15.1 Å². The van der Waals surface area contributed by atoms with Gasteiger partial charge in [0.25, 0.3) is 0 Å². The topological polar surface area (TPSA) is 85.1 Å². The Kier molecular flexibility index (Phi) is 5.38. The van der Waals surface area contributed by atoms with Gasteiger partial charge in [-0.3, -0.25) is 0 Å². The van der Waals surface area contributed by atoms with Crippen LogP contribution in [-0.2, 0) is 6.61 Å². The lowest BCUT2D eigenvalue weighted by atomic mass is 10.2. The molecule has 4 rings (SSSR count). The third-order valence-electron chi connectivity index (χ3n) is 4.10. The number of rotatable bonds is 7. The van der Waals surface area contributed by atoms with Crippen molar-refractivity contribution in [2.75, 3.05) is 10.6 Å². The molecule has 0 amide bonds. The minimum Gasteiger partial charge on any atom is -0.489 e. The maximum absolute atomic E-state index is 5.82. The van der Waals surface area contributed by atoms with E-state index in [0.717, 1.165) is 28.5 Å². The molecule has 0 bridgehead atoms. The van der Waals surface area contributed by atoms with E-state index in [1.54, 1.807) is 6.07 Å². The highest BCUT2D eigenvalue weighted by Gasteiger charge is 2.06. The molecule has 2 aromatic carbocycles. The second-order valence-electron chi connectivity index (χ2n) is 6.59. The summed E-state index contributed by atoms with van der Waals surface area (Å²) in [5, 5.41) is 10.3. The monoisotopic (exact) mass is 387 g/mol. The van der Waals surface area contributed by atoms with Crippen LogP contribution in [0, 0.1) is 13.8 Å². The van der Waals surface area contributed by atoms with Crippen molar-refractivity contribution in [2.45, 2.75) is 20.5 Å². The molecule has 0 radical (unpaired) electrons. The molecule has 29 heavy (non-hydrogen) atoms. The molecule has 0 aliphatic rings. The normalized spacial score (nSPS) is 10.6. The summed E-state index contributed by atoms with van der Waals surface area (Å²) in [6, 6.07) is 21.4. The number of hydrogen-bond donors (Lipinski definition) is 2. The Morgan fingerprint density at radius 2 is 1.66 bits per heavy atom. The molecule has 2 heterocycles. The van der Waals surface area contributed by atoms with E-state index in [1.165, 1.54) is 0 Å². The van der Waals surface area contributed by atoms with Gasteiger partial charge in [0.05, 0.1) is 0 Å². The number of hydrogen-bond acceptors (Lipinski definition) is 7. The van der Waals surface area contributed by atoms with E-state index >= 15 is 0 Å². The Morgan fingerprint density at radius 3 is 2.38 bits per heavy atom. The zero-order chi connectivity index (χ0) is 20.1. The Hall–Kier alpha value is -3.87. The van der Waals surface area contributed by atoms with Crippen molar-refractivity contribution < 1.29 is 9.26 Å². The number of anilines is 4. The zero-order valence-corrected chi connectivity index (χ0v) is 16.2. The standard InChI is InChI=1S/C22H21N5O2/c1-15-12-20(25-21-13-16(2)29-27-21)26-22(23-15)24-18-8-10-19(11-9-18)28-14-17-6-4-3-5-7-17/h3-13H,14H2,1-2H3,(H2,23,24,25,26,27). The molecule has 4 aromatic rings. The Labute approximate surface area is 168 Å². The molecule has 2 aromatic heterocycles. The van der Waals surface area contributed by atoms with Gasteiger partial charge in [-0.1, -0.05) is 35.5 Å². The predicted octanol–water partition coefficient (Wildman–Crippen LogP) is 5.15. The van der Waals surface area contributed by atoms with Crippen LogP contribution >= 0.6 is 0 Å². The van der Waals surface area contributed by atoms with Gasteiger partial charge in [0, 0.05) is 23.5 Å². The van der Waals surface area contributed by atoms with Gasteiger partial charge in [-0.25, -0.2) is 4.98 Å². The van der Waals surface area contributed by atoms with Crippen LogP contribution in [0.2, 0.25) is 0 Å². The summed E-state index contributed by atoms with van der Waals surface area (Å²) in [6.07, 6.45) is 0. The van der Waals surface area contributed by atoms with Crippen LogP contribution in [0.3, 0.4) is 0 Å². The molecule has 7 nitrogen and oxygen atoms in total. The predicted molar refractivity (Wildman–Crippen MR) is 112 cm³/mol. The molecular weight excluding hydrogens is 366 g/mol. The fourth-order valence-corrected chi connectivity index (χ4v) is 2.75. The second kappa shape index (κ2) is 8.43. The highest BCUT2D eigenvalue weighted by molar-refractivity contribution is 5.58. The van der Waals surface area contributed by atoms with Gasteiger partial charge < -0.3 is 19.9 Å². The summed E-state index contributed by atoms with van der Waals surface area (Å²) in [5.74, 6) is 3.26. The fourth-order valence-electron chi connectivity index (χ4n) is 2.75. The number of aromatic nitrogens is 3. The number of benzene rings is 2. The van der Waals surface area contributed by atoms with Crippen LogP contribution in [0.25, 0.3) is 0 Å². The van der Waals surface area contributed by atoms with E-state index in [4.69, 9.17) is 9.26 Å². The van der Waals surface area contributed by atoms with Crippen molar-refractivity contribution in [3.8, 4) is 5.75 Å². The number of aryl methyl sites for hydroxylation is 2. The first-order valence-electron chi connectivity index (χ1n) is 9.24. The van der Waals surface area contributed by atoms with Crippen molar-refractivity contribution in [2.24, 2.45) is 0 Å². The molecule has 0 saturated carbocycles. The molecule has 146 valence electrons. The smallest absolute Gasteiger partial charge is 0.229 e. The second-order valence-corrected chi connectivity index (χ2v) is 6.59. The molecule has 0 spiro atoms. The van der Waals surface area contributed by atoms with Crippen LogP contribution in [-0.4, -0.2) is 15.1 Å². The van der Waals surface area contributed by atoms with Crippen molar-refractivity contribution in [3.63, 3.8) is 0 Å². The van der Waals surface area contributed by atoms with E-state index in [9.17, 15) is 0 Å². The van der Waals surface area contributed by atoms with Crippen LogP contribution in [0.4, 0.5) is 23.3 Å². The van der Waals surface area contributed by atoms with Gasteiger partial charge in [-0.2, -0.15) is 4.98 Å². The largest absolute Gasteiger partial charge is 0.489 e. The summed E-state index contributed by atoms with van der Waals surface area (Å²) >= 11 is 0. The molecule has 0 fully saturated rings. The van der Waals surface area contributed by atoms with Crippen molar-refractivity contribution in [3.05, 3.63) is 83.7 Å². The van der Waals surface area contributed by atoms with Gasteiger partial charge >= 0.3 is 0 Å². The first-order valence-corrected chi connectivity index (χ1v) is 9.24. The zero-order valence-electron chi connectivity index (χ0n) is 16.2. The minimum absolute atomic E-state index is 0.491. The lowest BCUT2D eigenvalue weighted by Gasteiger charge is -2.10. The van der Waals surface area contributed by atoms with E-state index in [-0.39, 0.29) is 0 Å². The van der Waals surface area contributed by atoms with Gasteiger partial charge in [0.2, 0.25) is 5.95 Å².